The van der Waals surface area contributed by atoms with Crippen LogP contribution in [0.5, 0.6) is 5.75 Å². The molecule has 2 N–H and O–H groups in total. The third-order valence-corrected chi connectivity index (χ3v) is 3.29. The van der Waals surface area contributed by atoms with Crippen LogP contribution in [-0.4, -0.2) is 13.0 Å². The van der Waals surface area contributed by atoms with Gasteiger partial charge >= 0.3 is 0 Å². The van der Waals surface area contributed by atoms with Crippen LogP contribution in [0.4, 0.5) is 5.69 Å². The number of methoxy groups -OCH3 is 1. The molecule has 20 heavy (non-hydrogen) atoms. The Hall–Kier alpha value is -2.04. The summed E-state index contributed by atoms with van der Waals surface area (Å²) < 4.78 is 5.05. The maximum Gasteiger partial charge on any atom is 0.272 e. The van der Waals surface area contributed by atoms with Crippen LogP contribution >= 0.6 is 11.6 Å². The van der Waals surface area contributed by atoms with Crippen molar-refractivity contribution in [3.8, 4) is 5.75 Å². The van der Waals surface area contributed by atoms with E-state index in [1.54, 1.807) is 37.4 Å². The molecule has 0 saturated carbocycles. The fraction of sp³-hybridized carbons (Fsp3) is 0.133. The van der Waals surface area contributed by atoms with E-state index in [4.69, 9.17) is 22.2 Å². The van der Waals surface area contributed by atoms with Crippen LogP contribution in [0.2, 0.25) is 5.02 Å². The third-order valence-electron chi connectivity index (χ3n) is 2.99. The average Bonchev–Trinajstić information content (AvgIpc) is 2.46. The summed E-state index contributed by atoms with van der Waals surface area (Å²) >= 11 is 6.11. The van der Waals surface area contributed by atoms with Crippen molar-refractivity contribution in [1.82, 2.24) is 0 Å². The summed E-state index contributed by atoms with van der Waals surface area (Å²) in [6, 6.07) is 12.1. The SMILES string of the molecule is COc1ccc(C(=O)N(N)c2c(C)cccc2Cl)cc1. The molecule has 0 aliphatic rings. The molecule has 0 radical (unpaired) electrons. The summed E-state index contributed by atoms with van der Waals surface area (Å²) in [4.78, 5) is 12.4. The summed E-state index contributed by atoms with van der Waals surface area (Å²) in [5, 5.41) is 1.51. The Morgan fingerprint density at radius 1 is 1.20 bits per heavy atom. The van der Waals surface area contributed by atoms with Crippen molar-refractivity contribution < 1.29 is 9.53 Å². The normalized spacial score (nSPS) is 10.2. The highest BCUT2D eigenvalue weighted by Crippen LogP contribution is 2.28. The number of rotatable bonds is 3. The Morgan fingerprint density at radius 2 is 1.85 bits per heavy atom. The monoisotopic (exact) mass is 290 g/mol. The Balaban J connectivity index is 2.32. The van der Waals surface area contributed by atoms with E-state index in [1.165, 1.54) is 0 Å². The highest BCUT2D eigenvalue weighted by atomic mass is 35.5. The molecule has 1 amide bonds. The second-order valence-corrected chi connectivity index (χ2v) is 4.72. The Morgan fingerprint density at radius 3 is 2.40 bits per heavy atom. The smallest absolute Gasteiger partial charge is 0.272 e. The van der Waals surface area contributed by atoms with Gasteiger partial charge in [-0.15, -0.1) is 0 Å². The lowest BCUT2D eigenvalue weighted by Gasteiger charge is -2.20. The van der Waals surface area contributed by atoms with Gasteiger partial charge in [0, 0.05) is 5.56 Å². The maximum absolute atomic E-state index is 12.4. The average molecular weight is 291 g/mol. The first kappa shape index (κ1) is 14.4. The first-order valence-corrected chi connectivity index (χ1v) is 6.40. The van der Waals surface area contributed by atoms with Gasteiger partial charge in [-0.25, -0.2) is 10.9 Å². The minimum Gasteiger partial charge on any atom is -0.497 e. The molecule has 0 atom stereocenters. The highest BCUT2D eigenvalue weighted by molar-refractivity contribution is 6.34. The molecular formula is C15H15ClN2O2. The third kappa shape index (κ3) is 2.76. The van der Waals surface area contributed by atoms with Crippen molar-refractivity contribution in [2.24, 2.45) is 5.84 Å². The molecule has 0 saturated heterocycles. The number of hydrazine groups is 1. The van der Waals surface area contributed by atoms with Crippen LogP contribution in [0, 0.1) is 6.92 Å². The summed E-state index contributed by atoms with van der Waals surface area (Å²) in [5.41, 5.74) is 1.81. The van der Waals surface area contributed by atoms with Crippen molar-refractivity contribution in [1.29, 1.82) is 0 Å². The summed E-state index contributed by atoms with van der Waals surface area (Å²) in [5.74, 6) is 6.26. The Bertz CT molecular complexity index is 606. The van der Waals surface area contributed by atoms with Crippen LogP contribution in [0.3, 0.4) is 0 Å². The number of nitrogens with two attached hydrogens (primary N) is 1. The van der Waals surface area contributed by atoms with Gasteiger partial charge in [0.15, 0.2) is 0 Å². The lowest BCUT2D eigenvalue weighted by Crippen LogP contribution is -2.38. The number of ether oxygens (including phenoxy) is 1. The molecule has 0 spiro atoms. The van der Waals surface area contributed by atoms with E-state index in [1.807, 2.05) is 19.1 Å². The van der Waals surface area contributed by atoms with E-state index in [2.05, 4.69) is 0 Å². The van der Waals surface area contributed by atoms with Crippen LogP contribution in [0.1, 0.15) is 15.9 Å². The van der Waals surface area contributed by atoms with E-state index in [0.29, 0.717) is 22.0 Å². The molecule has 0 aliphatic heterocycles. The van der Waals surface area contributed by atoms with Crippen LogP contribution < -0.4 is 15.6 Å². The van der Waals surface area contributed by atoms with Gasteiger partial charge in [-0.3, -0.25) is 4.79 Å². The lowest BCUT2D eigenvalue weighted by molar-refractivity contribution is 0.0986. The Kier molecular flexibility index (Phi) is 4.27. The van der Waals surface area contributed by atoms with Gasteiger partial charge in [-0.2, -0.15) is 0 Å². The number of nitrogens with zero attached hydrogens (tertiary/aromatic N) is 1. The van der Waals surface area contributed by atoms with Crippen molar-refractivity contribution in [2.45, 2.75) is 6.92 Å². The summed E-state index contributed by atoms with van der Waals surface area (Å²) in [6.07, 6.45) is 0. The predicted molar refractivity (Wildman–Crippen MR) is 80.2 cm³/mol. The van der Waals surface area contributed by atoms with Gasteiger partial charge < -0.3 is 4.74 Å². The number of para-hydroxylation sites is 1. The lowest BCUT2D eigenvalue weighted by atomic mass is 10.1. The fourth-order valence-corrected chi connectivity index (χ4v) is 2.22. The molecule has 0 heterocycles. The molecular weight excluding hydrogens is 276 g/mol. The van der Waals surface area contributed by atoms with Gasteiger partial charge in [-0.05, 0) is 42.8 Å². The first-order chi connectivity index (χ1) is 9.54. The van der Waals surface area contributed by atoms with Crippen molar-refractivity contribution in [3.63, 3.8) is 0 Å². The standard InChI is InChI=1S/C15H15ClN2O2/c1-10-4-3-5-13(16)14(10)18(17)15(19)11-6-8-12(20-2)9-7-11/h3-9H,17H2,1-2H3. The number of benzene rings is 2. The summed E-state index contributed by atoms with van der Waals surface area (Å²) in [6.45, 7) is 1.85. The molecule has 5 heteroatoms. The zero-order valence-electron chi connectivity index (χ0n) is 11.3. The number of carbonyl (C=O) groups excluding carboxylic acids is 1. The molecule has 2 aromatic carbocycles. The minimum absolute atomic E-state index is 0.330. The zero-order chi connectivity index (χ0) is 14.7. The zero-order valence-corrected chi connectivity index (χ0v) is 12.0. The van der Waals surface area contributed by atoms with Crippen LogP contribution in [0.25, 0.3) is 0 Å². The first-order valence-electron chi connectivity index (χ1n) is 6.03. The molecule has 2 rings (SSSR count). The molecule has 0 aliphatic carbocycles. The molecule has 4 nitrogen and oxygen atoms in total. The minimum atomic E-state index is -0.330. The van der Waals surface area contributed by atoms with Gasteiger partial charge in [0.25, 0.3) is 5.91 Å². The second kappa shape index (κ2) is 5.94. The molecule has 104 valence electrons. The second-order valence-electron chi connectivity index (χ2n) is 4.31. The number of amides is 1. The maximum atomic E-state index is 12.4. The number of halogens is 1. The molecule has 0 bridgehead atoms. The summed E-state index contributed by atoms with van der Waals surface area (Å²) in [7, 11) is 1.57. The fourth-order valence-electron chi connectivity index (χ4n) is 1.90. The van der Waals surface area contributed by atoms with E-state index in [-0.39, 0.29) is 5.91 Å². The van der Waals surface area contributed by atoms with Gasteiger partial charge in [-0.1, -0.05) is 23.7 Å². The Labute approximate surface area is 122 Å². The van der Waals surface area contributed by atoms with E-state index in [9.17, 15) is 4.79 Å². The molecule has 2 aromatic rings. The predicted octanol–water partition coefficient (Wildman–Crippen LogP) is 3.18. The van der Waals surface area contributed by atoms with Crippen molar-refractivity contribution in [2.75, 3.05) is 12.1 Å². The molecule has 0 fully saturated rings. The van der Waals surface area contributed by atoms with Crippen molar-refractivity contribution in [3.05, 3.63) is 58.6 Å². The van der Waals surface area contributed by atoms with Gasteiger partial charge in [0.2, 0.25) is 0 Å². The van der Waals surface area contributed by atoms with Gasteiger partial charge in [0.05, 0.1) is 17.8 Å². The van der Waals surface area contributed by atoms with Gasteiger partial charge in [0.1, 0.15) is 5.75 Å². The number of aryl methyl sites for hydroxylation is 1. The van der Waals surface area contributed by atoms with E-state index < -0.39 is 0 Å². The quantitative estimate of drug-likeness (QED) is 0.536. The largest absolute Gasteiger partial charge is 0.497 e. The number of carbonyl (C=O) groups is 1. The van der Waals surface area contributed by atoms with E-state index in [0.717, 1.165) is 10.6 Å². The highest BCUT2D eigenvalue weighted by Gasteiger charge is 2.18. The number of hydrogen-bond acceptors (Lipinski definition) is 3. The number of hydrogen-bond donors (Lipinski definition) is 1. The van der Waals surface area contributed by atoms with Crippen LogP contribution in [-0.2, 0) is 0 Å². The molecule has 0 unspecified atom stereocenters. The van der Waals surface area contributed by atoms with Crippen molar-refractivity contribution >= 4 is 23.2 Å². The van der Waals surface area contributed by atoms with Crippen LogP contribution in [0.15, 0.2) is 42.5 Å². The molecule has 0 aromatic heterocycles. The number of anilines is 1. The topological polar surface area (TPSA) is 55.6 Å². The van der Waals surface area contributed by atoms with E-state index >= 15 is 0 Å².